The molecule has 1 amide bonds. The third-order valence-electron chi connectivity index (χ3n) is 4.19. The van der Waals surface area contributed by atoms with Crippen molar-refractivity contribution in [1.29, 1.82) is 0 Å². The fourth-order valence-electron chi connectivity index (χ4n) is 2.82. The Bertz CT molecular complexity index is 925. The van der Waals surface area contributed by atoms with Crippen LogP contribution in [0.2, 0.25) is 5.02 Å². The molecule has 126 valence electrons. The van der Waals surface area contributed by atoms with Crippen LogP contribution in [0, 0.1) is 0 Å². The van der Waals surface area contributed by atoms with Gasteiger partial charge in [-0.3, -0.25) is 15.6 Å². The molecule has 0 bridgehead atoms. The number of hydrazone groups is 2. The number of carbonyl (C=O) groups is 1. The fourth-order valence-corrected chi connectivity index (χ4v) is 3.07. The number of carbonyl (C=O) groups excluding carboxylic acids is 1. The van der Waals surface area contributed by atoms with E-state index in [-0.39, 0.29) is 5.91 Å². The highest BCUT2D eigenvalue weighted by Gasteiger charge is 2.46. The standard InChI is InChI=1S/C17H15ClN6O/c18-12-7-3-1-5-10(12)14-9-17(23-21-14)16(25)20-15(22-24-17)11-6-2-4-8-13(11)19/h1-8,23-24H,9,19H2,(H,20,22,25)/t17-/m1/s1. The van der Waals surface area contributed by atoms with Crippen molar-refractivity contribution in [3.8, 4) is 0 Å². The van der Waals surface area contributed by atoms with Gasteiger partial charge in [-0.2, -0.15) is 10.2 Å². The van der Waals surface area contributed by atoms with Gasteiger partial charge in [0.1, 0.15) is 0 Å². The number of nitrogens with two attached hydrogens (primary N) is 1. The van der Waals surface area contributed by atoms with Crippen molar-refractivity contribution in [2.24, 2.45) is 10.2 Å². The monoisotopic (exact) mass is 354 g/mol. The number of amidine groups is 1. The summed E-state index contributed by atoms with van der Waals surface area (Å²) in [5, 5.41) is 11.9. The minimum atomic E-state index is -1.14. The lowest BCUT2D eigenvalue weighted by atomic mass is 9.98. The quantitative estimate of drug-likeness (QED) is 0.612. The highest BCUT2D eigenvalue weighted by Crippen LogP contribution is 2.26. The summed E-state index contributed by atoms with van der Waals surface area (Å²) in [6.07, 6.45) is 0.309. The average Bonchev–Trinajstić information content (AvgIpc) is 3.04. The largest absolute Gasteiger partial charge is 0.398 e. The predicted octanol–water partition coefficient (Wildman–Crippen LogP) is 1.40. The SMILES string of the molecule is Nc1ccccc1C1=NN[C@]2(CC(c3ccccc3Cl)=NN2)C(=O)N1. The Morgan fingerprint density at radius 2 is 1.68 bits per heavy atom. The van der Waals surface area contributed by atoms with Crippen molar-refractivity contribution < 1.29 is 4.79 Å². The van der Waals surface area contributed by atoms with Crippen LogP contribution in [0.5, 0.6) is 0 Å². The maximum absolute atomic E-state index is 12.7. The Morgan fingerprint density at radius 1 is 1.00 bits per heavy atom. The zero-order chi connectivity index (χ0) is 17.4. The lowest BCUT2D eigenvalue weighted by Crippen LogP contribution is -2.65. The molecule has 0 aromatic heterocycles. The van der Waals surface area contributed by atoms with Crippen LogP contribution in [-0.4, -0.2) is 23.1 Å². The van der Waals surface area contributed by atoms with Gasteiger partial charge < -0.3 is 11.1 Å². The molecule has 1 spiro atoms. The van der Waals surface area contributed by atoms with Crippen LogP contribution in [0.15, 0.2) is 58.7 Å². The molecule has 2 aromatic carbocycles. The highest BCUT2D eigenvalue weighted by molar-refractivity contribution is 6.34. The molecule has 25 heavy (non-hydrogen) atoms. The van der Waals surface area contributed by atoms with Gasteiger partial charge in [0.15, 0.2) is 5.84 Å². The van der Waals surface area contributed by atoms with Gasteiger partial charge in [0, 0.05) is 28.3 Å². The first-order chi connectivity index (χ1) is 12.1. The van der Waals surface area contributed by atoms with Crippen LogP contribution >= 0.6 is 11.6 Å². The average molecular weight is 355 g/mol. The number of hydrogen-bond donors (Lipinski definition) is 4. The number of rotatable bonds is 2. The third-order valence-corrected chi connectivity index (χ3v) is 4.52. The van der Waals surface area contributed by atoms with Crippen LogP contribution < -0.4 is 21.9 Å². The van der Waals surface area contributed by atoms with Gasteiger partial charge in [0.2, 0.25) is 5.66 Å². The van der Waals surface area contributed by atoms with Crippen molar-refractivity contribution in [3.63, 3.8) is 0 Å². The molecular weight excluding hydrogens is 340 g/mol. The lowest BCUT2D eigenvalue weighted by Gasteiger charge is -2.31. The number of hydrogen-bond acceptors (Lipinski definition) is 6. The number of benzene rings is 2. The molecule has 0 fully saturated rings. The maximum atomic E-state index is 12.7. The Hall–Kier alpha value is -3.06. The smallest absolute Gasteiger partial charge is 0.275 e. The van der Waals surface area contributed by atoms with E-state index >= 15 is 0 Å². The molecule has 2 aliphatic heterocycles. The Kier molecular flexibility index (Phi) is 3.58. The Labute approximate surface area is 148 Å². The molecule has 0 unspecified atom stereocenters. The van der Waals surface area contributed by atoms with E-state index in [1.54, 1.807) is 18.2 Å². The summed E-state index contributed by atoms with van der Waals surface area (Å²) >= 11 is 6.22. The molecule has 5 N–H and O–H groups in total. The summed E-state index contributed by atoms with van der Waals surface area (Å²) in [4.78, 5) is 12.7. The van der Waals surface area contributed by atoms with Gasteiger partial charge >= 0.3 is 0 Å². The summed E-state index contributed by atoms with van der Waals surface area (Å²) in [5.74, 6) is 0.0910. The molecule has 0 saturated heterocycles. The van der Waals surface area contributed by atoms with E-state index < -0.39 is 5.66 Å². The lowest BCUT2D eigenvalue weighted by molar-refractivity contribution is -0.127. The van der Waals surface area contributed by atoms with E-state index in [2.05, 4.69) is 26.4 Å². The molecule has 1 atom stereocenters. The third kappa shape index (κ3) is 2.58. The molecule has 0 saturated carbocycles. The number of halogens is 1. The molecule has 2 aliphatic rings. The number of para-hydroxylation sites is 1. The summed E-state index contributed by atoms with van der Waals surface area (Å²) < 4.78 is 0. The predicted molar refractivity (Wildman–Crippen MR) is 97.1 cm³/mol. The fraction of sp³-hybridized carbons (Fsp3) is 0.118. The minimum Gasteiger partial charge on any atom is -0.398 e. The first-order valence-electron chi connectivity index (χ1n) is 7.69. The Balaban J connectivity index is 1.59. The van der Waals surface area contributed by atoms with E-state index in [1.807, 2.05) is 30.3 Å². The number of nitrogen functional groups attached to an aromatic ring is 1. The molecule has 2 aromatic rings. The van der Waals surface area contributed by atoms with Gasteiger partial charge in [-0.25, -0.2) is 0 Å². The van der Waals surface area contributed by atoms with Gasteiger partial charge in [0.25, 0.3) is 5.91 Å². The summed E-state index contributed by atoms with van der Waals surface area (Å²) in [6.45, 7) is 0. The number of anilines is 1. The van der Waals surface area contributed by atoms with E-state index in [1.165, 1.54) is 0 Å². The van der Waals surface area contributed by atoms with E-state index in [0.29, 0.717) is 34.2 Å². The minimum absolute atomic E-state index is 0.286. The van der Waals surface area contributed by atoms with Gasteiger partial charge in [-0.05, 0) is 18.2 Å². The van der Waals surface area contributed by atoms with E-state index in [4.69, 9.17) is 17.3 Å². The molecule has 7 nitrogen and oxygen atoms in total. The van der Waals surface area contributed by atoms with E-state index in [9.17, 15) is 4.79 Å². The van der Waals surface area contributed by atoms with Crippen LogP contribution in [0.4, 0.5) is 5.69 Å². The second kappa shape index (κ2) is 5.78. The highest BCUT2D eigenvalue weighted by atomic mass is 35.5. The maximum Gasteiger partial charge on any atom is 0.275 e. The van der Waals surface area contributed by atoms with Crippen molar-refractivity contribution in [3.05, 3.63) is 64.7 Å². The topological polar surface area (TPSA) is 104 Å². The molecule has 2 heterocycles. The number of nitrogens with zero attached hydrogens (tertiary/aromatic N) is 2. The van der Waals surface area contributed by atoms with Crippen LogP contribution in [-0.2, 0) is 4.79 Å². The van der Waals surface area contributed by atoms with Crippen molar-refractivity contribution in [2.75, 3.05) is 5.73 Å². The number of nitrogens with one attached hydrogen (secondary N) is 3. The first-order valence-corrected chi connectivity index (χ1v) is 8.07. The summed E-state index contributed by atoms with van der Waals surface area (Å²) in [7, 11) is 0. The second-order valence-electron chi connectivity index (χ2n) is 5.85. The van der Waals surface area contributed by atoms with Gasteiger partial charge in [-0.15, -0.1) is 0 Å². The zero-order valence-electron chi connectivity index (χ0n) is 13.1. The molecule has 8 heteroatoms. The normalized spacial score (nSPS) is 21.9. The first kappa shape index (κ1) is 15.5. The van der Waals surface area contributed by atoms with Crippen LogP contribution in [0.25, 0.3) is 0 Å². The van der Waals surface area contributed by atoms with Crippen molar-refractivity contribution in [1.82, 2.24) is 16.2 Å². The summed E-state index contributed by atoms with van der Waals surface area (Å²) in [5.41, 5.74) is 13.2. The molecule has 0 radical (unpaired) electrons. The molecule has 0 aliphatic carbocycles. The van der Waals surface area contributed by atoms with Gasteiger partial charge in [-0.1, -0.05) is 41.9 Å². The summed E-state index contributed by atoms with van der Waals surface area (Å²) in [6, 6.07) is 14.6. The second-order valence-corrected chi connectivity index (χ2v) is 6.25. The zero-order valence-corrected chi connectivity index (χ0v) is 13.8. The number of amides is 1. The van der Waals surface area contributed by atoms with Crippen molar-refractivity contribution >= 4 is 34.7 Å². The van der Waals surface area contributed by atoms with Crippen molar-refractivity contribution in [2.45, 2.75) is 12.1 Å². The molecule has 4 rings (SSSR count). The molecular formula is C17H15ClN6O. The Morgan fingerprint density at radius 3 is 2.40 bits per heavy atom. The van der Waals surface area contributed by atoms with Crippen LogP contribution in [0.1, 0.15) is 17.5 Å². The van der Waals surface area contributed by atoms with Gasteiger partial charge in [0.05, 0.1) is 5.71 Å². The van der Waals surface area contributed by atoms with E-state index in [0.717, 1.165) is 5.56 Å². The van der Waals surface area contributed by atoms with Crippen LogP contribution in [0.3, 0.4) is 0 Å².